The molecule has 3 nitrogen and oxygen atoms in total. The number of nitrogens with zero attached hydrogens (tertiary/aromatic N) is 2. The second-order valence-corrected chi connectivity index (χ2v) is 6.21. The molecule has 0 aliphatic carbocycles. The number of aliphatic hydroxyl groups is 1. The molecule has 102 valence electrons. The van der Waals surface area contributed by atoms with E-state index in [1.54, 1.807) is 13.0 Å². The first-order valence-electron chi connectivity index (χ1n) is 6.90. The van der Waals surface area contributed by atoms with Crippen molar-refractivity contribution in [3.63, 3.8) is 0 Å². The van der Waals surface area contributed by atoms with Crippen molar-refractivity contribution in [3.8, 4) is 6.07 Å². The van der Waals surface area contributed by atoms with E-state index < -0.39 is 6.10 Å². The van der Waals surface area contributed by atoms with Crippen LogP contribution in [0.25, 0.3) is 0 Å². The Morgan fingerprint density at radius 3 is 2.47 bits per heavy atom. The highest BCUT2D eigenvalue weighted by atomic mass is 16.3. The summed E-state index contributed by atoms with van der Waals surface area (Å²) in [5.74, 6) is 0. The minimum atomic E-state index is -0.502. The molecule has 3 heteroatoms. The van der Waals surface area contributed by atoms with Crippen LogP contribution in [0.15, 0.2) is 18.2 Å². The van der Waals surface area contributed by atoms with Crippen molar-refractivity contribution in [3.05, 3.63) is 29.3 Å². The van der Waals surface area contributed by atoms with Gasteiger partial charge < -0.3 is 10.0 Å². The first kappa shape index (κ1) is 13.9. The molecule has 1 N–H and O–H groups in total. The van der Waals surface area contributed by atoms with Gasteiger partial charge in [0, 0.05) is 24.3 Å². The summed E-state index contributed by atoms with van der Waals surface area (Å²) < 4.78 is 0. The number of benzene rings is 1. The molecule has 1 aliphatic rings. The summed E-state index contributed by atoms with van der Waals surface area (Å²) in [5.41, 5.74) is 2.99. The van der Waals surface area contributed by atoms with Gasteiger partial charge in [0.25, 0.3) is 0 Å². The van der Waals surface area contributed by atoms with Gasteiger partial charge in [0.2, 0.25) is 0 Å². The zero-order valence-electron chi connectivity index (χ0n) is 12.0. The van der Waals surface area contributed by atoms with E-state index in [0.717, 1.165) is 37.2 Å². The first-order chi connectivity index (χ1) is 8.93. The largest absolute Gasteiger partial charge is 0.389 e. The molecule has 1 saturated heterocycles. The topological polar surface area (TPSA) is 47.3 Å². The monoisotopic (exact) mass is 258 g/mol. The molecule has 1 atom stereocenters. The Morgan fingerprint density at radius 1 is 1.32 bits per heavy atom. The van der Waals surface area contributed by atoms with Gasteiger partial charge >= 0.3 is 0 Å². The molecule has 0 bridgehead atoms. The van der Waals surface area contributed by atoms with Gasteiger partial charge in [-0.3, -0.25) is 0 Å². The third-order valence-corrected chi connectivity index (χ3v) is 4.07. The first-order valence-corrected chi connectivity index (χ1v) is 6.90. The predicted octanol–water partition coefficient (Wildman–Crippen LogP) is 3.24. The molecule has 0 saturated carbocycles. The van der Waals surface area contributed by atoms with E-state index in [4.69, 9.17) is 5.26 Å². The van der Waals surface area contributed by atoms with E-state index in [2.05, 4.69) is 24.8 Å². The summed E-state index contributed by atoms with van der Waals surface area (Å²) in [6, 6.07) is 7.73. The van der Waals surface area contributed by atoms with E-state index in [1.165, 1.54) is 0 Å². The normalized spacial score (nSPS) is 19.8. The van der Waals surface area contributed by atoms with Crippen molar-refractivity contribution in [2.75, 3.05) is 18.0 Å². The summed E-state index contributed by atoms with van der Waals surface area (Å²) in [4.78, 5) is 2.30. The average Bonchev–Trinajstić information content (AvgIpc) is 2.38. The molecule has 19 heavy (non-hydrogen) atoms. The number of anilines is 1. The molecular formula is C16H22N2O. The SMILES string of the molecule is C[C@@H](O)c1ccc(C#N)cc1N1CCC(C)(C)CC1. The van der Waals surface area contributed by atoms with Crippen LogP contribution in [-0.2, 0) is 0 Å². The van der Waals surface area contributed by atoms with Crippen molar-refractivity contribution >= 4 is 5.69 Å². The van der Waals surface area contributed by atoms with Crippen LogP contribution in [0.5, 0.6) is 0 Å². The second kappa shape index (κ2) is 5.22. The lowest BCUT2D eigenvalue weighted by atomic mass is 9.82. The number of aliphatic hydroxyl groups excluding tert-OH is 1. The Hall–Kier alpha value is -1.53. The Kier molecular flexibility index (Phi) is 3.82. The predicted molar refractivity (Wildman–Crippen MR) is 77.0 cm³/mol. The van der Waals surface area contributed by atoms with Gasteiger partial charge in [-0.15, -0.1) is 0 Å². The smallest absolute Gasteiger partial charge is 0.0992 e. The van der Waals surface area contributed by atoms with E-state index in [9.17, 15) is 5.11 Å². The zero-order chi connectivity index (χ0) is 14.0. The lowest BCUT2D eigenvalue weighted by molar-refractivity contribution is 0.199. The summed E-state index contributed by atoms with van der Waals surface area (Å²) in [6.45, 7) is 8.35. The summed E-state index contributed by atoms with van der Waals surface area (Å²) in [7, 11) is 0. The van der Waals surface area contributed by atoms with Crippen LogP contribution in [0.2, 0.25) is 0 Å². The third kappa shape index (κ3) is 3.08. The maximum atomic E-state index is 9.89. The van der Waals surface area contributed by atoms with Crippen LogP contribution in [0.1, 0.15) is 50.8 Å². The molecule has 1 aromatic carbocycles. The molecule has 0 spiro atoms. The average molecular weight is 258 g/mol. The Bertz CT molecular complexity index is 490. The molecule has 1 aliphatic heterocycles. The highest BCUT2D eigenvalue weighted by Crippen LogP contribution is 2.35. The molecule has 0 radical (unpaired) electrons. The van der Waals surface area contributed by atoms with Gasteiger partial charge in [0.15, 0.2) is 0 Å². The molecule has 2 rings (SSSR count). The van der Waals surface area contributed by atoms with E-state index in [1.807, 2.05) is 12.1 Å². The van der Waals surface area contributed by atoms with Crippen LogP contribution in [-0.4, -0.2) is 18.2 Å². The van der Waals surface area contributed by atoms with Crippen LogP contribution in [0.3, 0.4) is 0 Å². The van der Waals surface area contributed by atoms with Crippen molar-refractivity contribution in [2.24, 2.45) is 5.41 Å². The number of piperidine rings is 1. The Balaban J connectivity index is 2.30. The molecule has 1 aromatic rings. The lowest BCUT2D eigenvalue weighted by Gasteiger charge is -2.39. The zero-order valence-corrected chi connectivity index (χ0v) is 12.0. The van der Waals surface area contributed by atoms with Gasteiger partial charge in [-0.05, 0) is 37.3 Å². The van der Waals surface area contributed by atoms with Crippen LogP contribution in [0, 0.1) is 16.7 Å². The van der Waals surface area contributed by atoms with Gasteiger partial charge in [-0.25, -0.2) is 0 Å². The van der Waals surface area contributed by atoms with Crippen LogP contribution in [0.4, 0.5) is 5.69 Å². The standard InChI is InChI=1S/C16H22N2O/c1-12(19)14-5-4-13(11-17)10-15(14)18-8-6-16(2,3)7-9-18/h4-5,10,12,19H,6-9H2,1-3H3/t12-/m1/s1. The number of nitriles is 1. The maximum absolute atomic E-state index is 9.89. The molecule has 0 unspecified atom stereocenters. The molecule has 0 amide bonds. The molecule has 1 fully saturated rings. The molecule has 0 aromatic heterocycles. The van der Waals surface area contributed by atoms with Crippen LogP contribution >= 0.6 is 0 Å². The maximum Gasteiger partial charge on any atom is 0.0992 e. The van der Waals surface area contributed by atoms with E-state index >= 15 is 0 Å². The highest BCUT2D eigenvalue weighted by Gasteiger charge is 2.27. The fourth-order valence-electron chi connectivity index (χ4n) is 2.59. The fourth-order valence-corrected chi connectivity index (χ4v) is 2.59. The van der Waals surface area contributed by atoms with Gasteiger partial charge in [-0.1, -0.05) is 19.9 Å². The summed E-state index contributed by atoms with van der Waals surface area (Å²) >= 11 is 0. The summed E-state index contributed by atoms with van der Waals surface area (Å²) in [5, 5.41) is 18.9. The number of rotatable bonds is 2. The lowest BCUT2D eigenvalue weighted by Crippen LogP contribution is -2.37. The van der Waals surface area contributed by atoms with Crippen molar-refractivity contribution in [1.82, 2.24) is 0 Å². The Labute approximate surface area is 115 Å². The quantitative estimate of drug-likeness (QED) is 0.886. The highest BCUT2D eigenvalue weighted by molar-refractivity contribution is 5.58. The van der Waals surface area contributed by atoms with Gasteiger partial charge in [-0.2, -0.15) is 5.26 Å². The second-order valence-electron chi connectivity index (χ2n) is 6.21. The van der Waals surface area contributed by atoms with E-state index in [0.29, 0.717) is 11.0 Å². The van der Waals surface area contributed by atoms with Crippen molar-refractivity contribution in [2.45, 2.75) is 39.7 Å². The Morgan fingerprint density at radius 2 is 1.95 bits per heavy atom. The molecular weight excluding hydrogens is 236 g/mol. The van der Waals surface area contributed by atoms with E-state index in [-0.39, 0.29) is 0 Å². The van der Waals surface area contributed by atoms with Crippen molar-refractivity contribution < 1.29 is 5.11 Å². The number of hydrogen-bond acceptors (Lipinski definition) is 3. The minimum absolute atomic E-state index is 0.397. The number of hydrogen-bond donors (Lipinski definition) is 1. The van der Waals surface area contributed by atoms with Crippen molar-refractivity contribution in [1.29, 1.82) is 5.26 Å². The fraction of sp³-hybridized carbons (Fsp3) is 0.562. The minimum Gasteiger partial charge on any atom is -0.389 e. The van der Waals surface area contributed by atoms with Gasteiger partial charge in [0.1, 0.15) is 0 Å². The summed E-state index contributed by atoms with van der Waals surface area (Å²) in [6.07, 6.45) is 1.78. The van der Waals surface area contributed by atoms with Crippen LogP contribution < -0.4 is 4.90 Å². The molecule has 1 heterocycles. The van der Waals surface area contributed by atoms with Gasteiger partial charge in [0.05, 0.1) is 17.7 Å². The third-order valence-electron chi connectivity index (χ3n) is 4.07.